The van der Waals surface area contributed by atoms with Gasteiger partial charge in [-0.25, -0.2) is 4.79 Å². The van der Waals surface area contributed by atoms with E-state index in [4.69, 9.17) is 0 Å². The Morgan fingerprint density at radius 3 is 1.96 bits per heavy atom. The highest BCUT2D eigenvalue weighted by molar-refractivity contribution is 6.10. The number of fused-ring (bicyclic) bond motifs is 1. The summed E-state index contributed by atoms with van der Waals surface area (Å²) in [6, 6.07) is 14.2. The molecule has 0 bridgehead atoms. The molecule has 1 aromatic heterocycles. The zero-order chi connectivity index (χ0) is 37.6. The van der Waals surface area contributed by atoms with E-state index < -0.39 is 23.6 Å². The molecule has 1 unspecified atom stereocenters. The van der Waals surface area contributed by atoms with Crippen LogP contribution in [-0.2, 0) is 9.59 Å². The maximum Gasteiger partial charge on any atom is 0.323 e. The fraction of sp³-hybridized carbons (Fsp3) is 0.385. The second kappa shape index (κ2) is 19.2. The fourth-order valence-electron chi connectivity index (χ4n) is 5.65. The molecule has 52 heavy (non-hydrogen) atoms. The lowest BCUT2D eigenvalue weighted by molar-refractivity contribution is -0.126. The molecule has 4 N–H and O–H groups in total. The number of unbranched alkanes of at least 4 members (excludes halogenated alkanes) is 3. The van der Waals surface area contributed by atoms with E-state index >= 15 is 0 Å². The Labute approximate surface area is 302 Å². The van der Waals surface area contributed by atoms with Crippen LogP contribution < -0.4 is 16.3 Å². The number of aromatic amines is 2. The molecule has 1 heterocycles. The third-order valence-corrected chi connectivity index (χ3v) is 8.70. The van der Waals surface area contributed by atoms with Crippen LogP contribution in [0.25, 0.3) is 11.0 Å². The molecule has 0 spiro atoms. The van der Waals surface area contributed by atoms with E-state index in [-0.39, 0.29) is 22.8 Å². The number of anilines is 2. The molecule has 0 aliphatic carbocycles. The number of nitrogens with one attached hydrogen (secondary N) is 4. The van der Waals surface area contributed by atoms with Crippen LogP contribution in [0.3, 0.4) is 0 Å². The number of H-pyrrole nitrogens is 2. The van der Waals surface area contributed by atoms with Gasteiger partial charge in [-0.1, -0.05) is 33.6 Å². The minimum atomic E-state index is -1.43. The normalized spacial score (nSPS) is 11.9. The van der Waals surface area contributed by atoms with Crippen LogP contribution >= 0.6 is 0 Å². The molecule has 0 saturated heterocycles. The Hall–Kier alpha value is -5.56. The Bertz CT molecular complexity index is 1970. The molecule has 0 radical (unpaired) electrons. The number of nitrogens with zero attached hydrogens (tertiary/aromatic N) is 3. The number of benzene rings is 3. The van der Waals surface area contributed by atoms with Crippen molar-refractivity contribution in [2.24, 2.45) is 10.2 Å². The Balaban J connectivity index is 1.43. The van der Waals surface area contributed by atoms with Crippen molar-refractivity contribution in [2.45, 2.75) is 78.7 Å². The van der Waals surface area contributed by atoms with Crippen molar-refractivity contribution in [1.29, 1.82) is 0 Å². The number of azo groups is 1. The number of ketones is 3. The van der Waals surface area contributed by atoms with E-state index in [9.17, 15) is 28.8 Å². The molecule has 0 aliphatic rings. The van der Waals surface area contributed by atoms with E-state index in [0.29, 0.717) is 52.1 Å². The lowest BCUT2D eigenvalue weighted by atomic mass is 9.98. The van der Waals surface area contributed by atoms with Gasteiger partial charge in [0.05, 0.1) is 16.7 Å². The topological polar surface area (TPSA) is 186 Å². The number of Topliss-reactive ketones (excluding diaryl/α,β-unsaturated/α-hetero) is 3. The molecule has 3 aromatic carbocycles. The third-order valence-electron chi connectivity index (χ3n) is 8.70. The van der Waals surface area contributed by atoms with Gasteiger partial charge in [0.1, 0.15) is 0 Å². The third kappa shape index (κ3) is 11.2. The summed E-state index contributed by atoms with van der Waals surface area (Å²) in [5.74, 6) is -1.85. The van der Waals surface area contributed by atoms with Crippen LogP contribution in [0, 0.1) is 0 Å². The molecular weight excluding hydrogens is 662 g/mol. The van der Waals surface area contributed by atoms with Gasteiger partial charge in [0.15, 0.2) is 17.3 Å². The van der Waals surface area contributed by atoms with Gasteiger partial charge in [-0.05, 0) is 106 Å². The van der Waals surface area contributed by atoms with E-state index in [2.05, 4.69) is 56.5 Å². The van der Waals surface area contributed by atoms with Crippen LogP contribution in [0.1, 0.15) is 104 Å². The standard InChI is InChI=1S/C39H47N7O6/c1-5-8-9-12-34(48)27-21-28(35(49)13-10-11-20-46(6-2)7-3)23-31(22-27)41-37(50)26-14-16-29(17-15-26)44-45-36(25(4)47)38(51)40-30-18-19-32-33(24-30)43-39(52)42-32/h14-19,21-24,36H,5-13,20H2,1-4H3,(H,40,51)(H,41,50)(H2,42,43,52). The first-order chi connectivity index (χ1) is 25.0. The highest BCUT2D eigenvalue weighted by Crippen LogP contribution is 2.22. The summed E-state index contributed by atoms with van der Waals surface area (Å²) < 4.78 is 0. The van der Waals surface area contributed by atoms with Gasteiger partial charge in [0.25, 0.3) is 11.8 Å². The second-order valence-corrected chi connectivity index (χ2v) is 12.6. The van der Waals surface area contributed by atoms with Crippen molar-refractivity contribution in [3.05, 3.63) is 87.8 Å². The van der Waals surface area contributed by atoms with Crippen molar-refractivity contribution in [3.8, 4) is 0 Å². The van der Waals surface area contributed by atoms with Crippen LogP contribution in [0.15, 0.2) is 75.7 Å². The predicted octanol–water partition coefficient (Wildman–Crippen LogP) is 7.25. The van der Waals surface area contributed by atoms with Gasteiger partial charge in [-0.3, -0.25) is 24.0 Å². The molecule has 1 atom stereocenters. The molecule has 4 aromatic rings. The van der Waals surface area contributed by atoms with Crippen LogP contribution in [0.5, 0.6) is 0 Å². The van der Waals surface area contributed by atoms with Crippen LogP contribution in [-0.4, -0.2) is 69.7 Å². The number of carbonyl (C=O) groups excluding carboxylic acids is 5. The number of imidazole rings is 1. The minimum absolute atomic E-state index is 0.0783. The quantitative estimate of drug-likeness (QED) is 0.0322. The highest BCUT2D eigenvalue weighted by Gasteiger charge is 2.23. The predicted molar refractivity (Wildman–Crippen MR) is 202 cm³/mol. The number of hydrogen-bond acceptors (Lipinski definition) is 9. The number of amides is 2. The lowest BCUT2D eigenvalue weighted by Crippen LogP contribution is -2.31. The Morgan fingerprint density at radius 1 is 0.712 bits per heavy atom. The average molecular weight is 710 g/mol. The molecule has 0 aliphatic heterocycles. The number of carbonyl (C=O) groups is 5. The number of hydrogen-bond donors (Lipinski definition) is 4. The van der Waals surface area contributed by atoms with Gasteiger partial charge < -0.3 is 25.5 Å². The molecule has 0 saturated carbocycles. The van der Waals surface area contributed by atoms with Gasteiger partial charge in [0, 0.05) is 40.9 Å². The monoisotopic (exact) mass is 709 g/mol. The maximum atomic E-state index is 13.3. The van der Waals surface area contributed by atoms with Crippen molar-refractivity contribution in [1.82, 2.24) is 14.9 Å². The summed E-state index contributed by atoms with van der Waals surface area (Å²) in [5, 5.41) is 13.4. The highest BCUT2D eigenvalue weighted by atomic mass is 16.2. The van der Waals surface area contributed by atoms with Crippen molar-refractivity contribution < 1.29 is 24.0 Å². The summed E-state index contributed by atoms with van der Waals surface area (Å²) >= 11 is 0. The summed E-state index contributed by atoms with van der Waals surface area (Å²) in [5.41, 5.74) is 2.73. The minimum Gasteiger partial charge on any atom is -0.324 e. The second-order valence-electron chi connectivity index (χ2n) is 12.6. The SMILES string of the molecule is CCCCCC(=O)c1cc(NC(=O)c2ccc(N=NC(C(C)=O)C(=O)Nc3ccc4[nH]c(=O)[nH]c4c3)cc2)cc(C(=O)CCCCN(CC)CC)c1. The van der Waals surface area contributed by atoms with E-state index in [1.54, 1.807) is 36.4 Å². The van der Waals surface area contributed by atoms with Crippen molar-refractivity contribution in [3.63, 3.8) is 0 Å². The first-order valence-electron chi connectivity index (χ1n) is 17.8. The van der Waals surface area contributed by atoms with Crippen LogP contribution in [0.4, 0.5) is 17.1 Å². The van der Waals surface area contributed by atoms with Crippen molar-refractivity contribution in [2.75, 3.05) is 30.3 Å². The van der Waals surface area contributed by atoms with E-state index in [1.165, 1.54) is 31.2 Å². The molecule has 4 rings (SSSR count). The van der Waals surface area contributed by atoms with Crippen LogP contribution in [0.2, 0.25) is 0 Å². The lowest BCUT2D eigenvalue weighted by Gasteiger charge is -2.17. The average Bonchev–Trinajstić information content (AvgIpc) is 3.50. The molecule has 2 amide bonds. The molecule has 274 valence electrons. The van der Waals surface area contributed by atoms with Gasteiger partial charge in [-0.15, -0.1) is 0 Å². The largest absolute Gasteiger partial charge is 0.324 e. The first kappa shape index (κ1) is 39.2. The molecule has 0 fully saturated rings. The zero-order valence-electron chi connectivity index (χ0n) is 30.2. The van der Waals surface area contributed by atoms with Gasteiger partial charge >= 0.3 is 5.69 Å². The molecule has 13 heteroatoms. The fourth-order valence-corrected chi connectivity index (χ4v) is 5.65. The summed E-state index contributed by atoms with van der Waals surface area (Å²) in [6.45, 7) is 10.4. The maximum absolute atomic E-state index is 13.3. The Morgan fingerprint density at radius 2 is 1.35 bits per heavy atom. The van der Waals surface area contributed by atoms with E-state index in [0.717, 1.165) is 51.7 Å². The Kier molecular flexibility index (Phi) is 14.5. The zero-order valence-corrected chi connectivity index (χ0v) is 30.2. The summed E-state index contributed by atoms with van der Waals surface area (Å²) in [4.78, 5) is 83.8. The number of rotatable bonds is 20. The van der Waals surface area contributed by atoms with E-state index in [1.807, 2.05) is 0 Å². The van der Waals surface area contributed by atoms with Crippen molar-refractivity contribution >= 4 is 57.3 Å². The summed E-state index contributed by atoms with van der Waals surface area (Å²) in [6.07, 6.45) is 4.96. The number of aromatic nitrogens is 2. The molecular formula is C39H47N7O6. The first-order valence-corrected chi connectivity index (χ1v) is 17.8. The van der Waals surface area contributed by atoms with Gasteiger partial charge in [-0.2, -0.15) is 10.2 Å². The smallest absolute Gasteiger partial charge is 0.323 e. The molecule has 13 nitrogen and oxygen atoms in total. The van der Waals surface area contributed by atoms with Gasteiger partial charge in [0.2, 0.25) is 6.04 Å². The summed E-state index contributed by atoms with van der Waals surface area (Å²) in [7, 11) is 0.